The SMILES string of the molecule is COc1cccc(-c2noc(CN(C)CCCc3cc(-c4ccc(F)cc4)n[nH]3)n2)c1. The number of benzene rings is 2. The summed E-state index contributed by atoms with van der Waals surface area (Å²) >= 11 is 0. The number of hydrogen-bond acceptors (Lipinski definition) is 6. The summed E-state index contributed by atoms with van der Waals surface area (Å²) in [4.78, 5) is 6.63. The quantitative estimate of drug-likeness (QED) is 0.433. The topological polar surface area (TPSA) is 80.1 Å². The summed E-state index contributed by atoms with van der Waals surface area (Å²) in [5, 5.41) is 11.5. The lowest BCUT2D eigenvalue weighted by Gasteiger charge is -2.13. The number of aromatic nitrogens is 4. The molecule has 2 aromatic heterocycles. The van der Waals surface area contributed by atoms with E-state index in [1.165, 1.54) is 12.1 Å². The van der Waals surface area contributed by atoms with Crippen LogP contribution in [0.3, 0.4) is 0 Å². The number of hydrogen-bond donors (Lipinski definition) is 1. The molecule has 160 valence electrons. The van der Waals surface area contributed by atoms with E-state index in [2.05, 4.69) is 25.2 Å². The van der Waals surface area contributed by atoms with Crippen molar-refractivity contribution in [1.29, 1.82) is 0 Å². The molecule has 0 spiro atoms. The fourth-order valence-corrected chi connectivity index (χ4v) is 3.31. The van der Waals surface area contributed by atoms with Gasteiger partial charge in [-0.2, -0.15) is 10.1 Å². The maximum atomic E-state index is 13.1. The molecule has 0 saturated carbocycles. The Morgan fingerprint density at radius 1 is 1.10 bits per heavy atom. The Bertz CT molecular complexity index is 1120. The van der Waals surface area contributed by atoms with Crippen LogP contribution >= 0.6 is 0 Å². The first kappa shape index (κ1) is 20.7. The van der Waals surface area contributed by atoms with Gasteiger partial charge < -0.3 is 9.26 Å². The molecule has 2 aromatic carbocycles. The van der Waals surface area contributed by atoms with Gasteiger partial charge in [0, 0.05) is 16.8 Å². The van der Waals surface area contributed by atoms with Gasteiger partial charge in [-0.15, -0.1) is 0 Å². The van der Waals surface area contributed by atoms with Crippen LogP contribution in [0.25, 0.3) is 22.6 Å². The van der Waals surface area contributed by atoms with Crippen LogP contribution in [0.1, 0.15) is 18.0 Å². The first-order valence-corrected chi connectivity index (χ1v) is 10.1. The van der Waals surface area contributed by atoms with Crippen molar-refractivity contribution in [3.63, 3.8) is 0 Å². The Balaban J connectivity index is 1.27. The first-order chi connectivity index (χ1) is 15.1. The second-order valence-electron chi connectivity index (χ2n) is 7.37. The predicted octanol–water partition coefficient (Wildman–Crippen LogP) is 4.34. The van der Waals surface area contributed by atoms with Crippen molar-refractivity contribution in [2.45, 2.75) is 19.4 Å². The van der Waals surface area contributed by atoms with Crippen molar-refractivity contribution in [2.24, 2.45) is 0 Å². The number of aromatic amines is 1. The molecule has 4 rings (SSSR count). The van der Waals surface area contributed by atoms with E-state index in [1.807, 2.05) is 37.4 Å². The Labute approximate surface area is 179 Å². The van der Waals surface area contributed by atoms with Crippen LogP contribution in [-0.2, 0) is 13.0 Å². The third-order valence-corrected chi connectivity index (χ3v) is 4.96. The molecule has 4 aromatic rings. The number of aryl methyl sites for hydroxylation is 1. The third kappa shape index (κ3) is 5.35. The van der Waals surface area contributed by atoms with E-state index in [1.54, 1.807) is 19.2 Å². The van der Waals surface area contributed by atoms with Crippen molar-refractivity contribution in [3.8, 4) is 28.4 Å². The smallest absolute Gasteiger partial charge is 0.241 e. The number of nitrogens with zero attached hydrogens (tertiary/aromatic N) is 4. The number of ether oxygens (including phenoxy) is 1. The molecular weight excluding hydrogens is 397 g/mol. The highest BCUT2D eigenvalue weighted by Crippen LogP contribution is 2.22. The summed E-state index contributed by atoms with van der Waals surface area (Å²) in [5.74, 6) is 1.62. The van der Waals surface area contributed by atoms with Crippen LogP contribution in [0.15, 0.2) is 59.1 Å². The second-order valence-corrected chi connectivity index (χ2v) is 7.37. The number of halogens is 1. The number of rotatable bonds is 9. The zero-order valence-corrected chi connectivity index (χ0v) is 17.5. The van der Waals surface area contributed by atoms with Gasteiger partial charge in [-0.3, -0.25) is 10.00 Å². The molecule has 0 amide bonds. The van der Waals surface area contributed by atoms with Crippen molar-refractivity contribution in [3.05, 3.63) is 72.0 Å². The summed E-state index contributed by atoms with van der Waals surface area (Å²) in [6, 6.07) is 15.9. The molecule has 0 atom stereocenters. The van der Waals surface area contributed by atoms with E-state index in [-0.39, 0.29) is 5.82 Å². The van der Waals surface area contributed by atoms with Gasteiger partial charge in [0.1, 0.15) is 11.6 Å². The van der Waals surface area contributed by atoms with Crippen molar-refractivity contribution < 1.29 is 13.7 Å². The van der Waals surface area contributed by atoms with Gasteiger partial charge in [-0.25, -0.2) is 4.39 Å². The van der Waals surface area contributed by atoms with E-state index in [0.29, 0.717) is 18.3 Å². The molecule has 8 heteroatoms. The van der Waals surface area contributed by atoms with Crippen LogP contribution in [0.4, 0.5) is 4.39 Å². The summed E-state index contributed by atoms with van der Waals surface area (Å²) in [5.41, 5.74) is 3.61. The van der Waals surface area contributed by atoms with E-state index in [9.17, 15) is 4.39 Å². The third-order valence-electron chi connectivity index (χ3n) is 4.96. The van der Waals surface area contributed by atoms with Crippen LogP contribution in [0, 0.1) is 5.82 Å². The van der Waals surface area contributed by atoms with Crippen LogP contribution in [0.5, 0.6) is 5.75 Å². The predicted molar refractivity (Wildman–Crippen MR) is 115 cm³/mol. The summed E-state index contributed by atoms with van der Waals surface area (Å²) in [6.45, 7) is 1.43. The molecule has 0 bridgehead atoms. The van der Waals surface area contributed by atoms with E-state index >= 15 is 0 Å². The zero-order chi connectivity index (χ0) is 21.6. The minimum absolute atomic E-state index is 0.251. The summed E-state index contributed by atoms with van der Waals surface area (Å²) < 4.78 is 23.7. The van der Waals surface area contributed by atoms with Gasteiger partial charge in [-0.05, 0) is 68.9 Å². The molecule has 0 radical (unpaired) electrons. The monoisotopic (exact) mass is 421 g/mol. The standard InChI is InChI=1S/C23H24FN5O2/c1-29(15-22-25-23(28-31-22)17-5-3-7-20(13-17)30-2)12-4-6-19-14-21(27-26-19)16-8-10-18(24)11-9-16/h3,5,7-11,13-14H,4,6,12,15H2,1-2H3,(H,26,27). The van der Waals surface area contributed by atoms with Crippen LogP contribution in [-0.4, -0.2) is 45.9 Å². The minimum Gasteiger partial charge on any atom is -0.497 e. The normalized spacial score (nSPS) is 11.2. The Hall–Kier alpha value is -3.52. The second kappa shape index (κ2) is 9.53. The Morgan fingerprint density at radius 3 is 2.74 bits per heavy atom. The van der Waals surface area contributed by atoms with Gasteiger partial charge in [-0.1, -0.05) is 17.3 Å². The van der Waals surface area contributed by atoms with E-state index in [0.717, 1.165) is 47.7 Å². The molecule has 31 heavy (non-hydrogen) atoms. The van der Waals surface area contributed by atoms with Crippen molar-refractivity contribution >= 4 is 0 Å². The Kier molecular flexibility index (Phi) is 6.37. The molecule has 1 N–H and O–H groups in total. The maximum Gasteiger partial charge on any atom is 0.241 e. The highest BCUT2D eigenvalue weighted by Gasteiger charge is 2.12. The lowest BCUT2D eigenvalue weighted by molar-refractivity contribution is 0.264. The average Bonchev–Trinajstić information content (AvgIpc) is 3.44. The fourth-order valence-electron chi connectivity index (χ4n) is 3.31. The molecular formula is C23H24FN5O2. The zero-order valence-electron chi connectivity index (χ0n) is 17.5. The van der Waals surface area contributed by atoms with Gasteiger partial charge >= 0.3 is 0 Å². The summed E-state index contributed by atoms with van der Waals surface area (Å²) in [7, 11) is 3.65. The molecule has 0 aliphatic rings. The van der Waals surface area contributed by atoms with Crippen LogP contribution < -0.4 is 4.74 Å². The number of H-pyrrole nitrogens is 1. The molecule has 0 aliphatic carbocycles. The average molecular weight is 421 g/mol. The lowest BCUT2D eigenvalue weighted by atomic mass is 10.1. The lowest BCUT2D eigenvalue weighted by Crippen LogP contribution is -2.19. The van der Waals surface area contributed by atoms with Gasteiger partial charge in [0.15, 0.2) is 0 Å². The number of nitrogens with one attached hydrogen (secondary N) is 1. The van der Waals surface area contributed by atoms with E-state index in [4.69, 9.17) is 9.26 Å². The first-order valence-electron chi connectivity index (χ1n) is 10.1. The number of methoxy groups -OCH3 is 1. The largest absolute Gasteiger partial charge is 0.497 e. The molecule has 0 saturated heterocycles. The fraction of sp³-hybridized carbons (Fsp3) is 0.261. The van der Waals surface area contributed by atoms with Crippen LogP contribution in [0.2, 0.25) is 0 Å². The molecule has 0 unspecified atom stereocenters. The molecule has 2 heterocycles. The van der Waals surface area contributed by atoms with Gasteiger partial charge in [0.05, 0.1) is 19.3 Å². The molecule has 0 fully saturated rings. The van der Waals surface area contributed by atoms with Gasteiger partial charge in [0.2, 0.25) is 11.7 Å². The summed E-state index contributed by atoms with van der Waals surface area (Å²) in [6.07, 6.45) is 1.80. The molecule has 0 aliphatic heterocycles. The minimum atomic E-state index is -0.251. The highest BCUT2D eigenvalue weighted by molar-refractivity contribution is 5.59. The Morgan fingerprint density at radius 2 is 1.94 bits per heavy atom. The molecule has 7 nitrogen and oxygen atoms in total. The van der Waals surface area contributed by atoms with Crippen molar-refractivity contribution in [1.82, 2.24) is 25.2 Å². The van der Waals surface area contributed by atoms with E-state index < -0.39 is 0 Å². The highest BCUT2D eigenvalue weighted by atomic mass is 19.1. The van der Waals surface area contributed by atoms with Gasteiger partial charge in [0.25, 0.3) is 0 Å². The van der Waals surface area contributed by atoms with Crippen molar-refractivity contribution in [2.75, 3.05) is 20.7 Å². The maximum absolute atomic E-state index is 13.1.